The maximum atomic E-state index is 6.58. The third-order valence-corrected chi connectivity index (χ3v) is 6.79. The van der Waals surface area contributed by atoms with Gasteiger partial charge >= 0.3 is 0 Å². The molecule has 0 amide bonds. The van der Waals surface area contributed by atoms with Crippen molar-refractivity contribution in [3.05, 3.63) is 35.0 Å². The molecule has 0 spiro atoms. The molecular weight excluding hydrogens is 412 g/mol. The number of aromatic nitrogens is 2. The van der Waals surface area contributed by atoms with Gasteiger partial charge in [0.05, 0.1) is 13.2 Å². The first-order valence-corrected chi connectivity index (χ1v) is 11.8. The van der Waals surface area contributed by atoms with Gasteiger partial charge in [-0.3, -0.25) is 4.90 Å². The average molecular weight is 443 g/mol. The number of halogens is 1. The predicted octanol–water partition coefficient (Wildman–Crippen LogP) is 2.29. The van der Waals surface area contributed by atoms with Gasteiger partial charge in [-0.2, -0.15) is 0 Å². The van der Waals surface area contributed by atoms with E-state index in [0.29, 0.717) is 5.15 Å². The Kier molecular flexibility index (Phi) is 6.55. The monoisotopic (exact) mass is 442 g/mol. The number of hydrogen-bond donors (Lipinski definition) is 1. The van der Waals surface area contributed by atoms with E-state index in [-0.39, 0.29) is 0 Å². The molecule has 3 aliphatic heterocycles. The first-order valence-electron chi connectivity index (χ1n) is 11.5. The molecule has 1 aromatic heterocycles. The summed E-state index contributed by atoms with van der Waals surface area (Å²) in [6.45, 7) is 11.0. The van der Waals surface area contributed by atoms with Crippen molar-refractivity contribution in [1.29, 1.82) is 0 Å². The van der Waals surface area contributed by atoms with Gasteiger partial charge in [0.15, 0.2) is 5.82 Å². The Morgan fingerprint density at radius 1 is 0.935 bits per heavy atom. The number of ether oxygens (including phenoxy) is 1. The van der Waals surface area contributed by atoms with Crippen LogP contribution < -0.4 is 15.1 Å². The van der Waals surface area contributed by atoms with E-state index in [9.17, 15) is 0 Å². The number of fused-ring (bicyclic) bond motifs is 1. The summed E-state index contributed by atoms with van der Waals surface area (Å²) in [6.07, 6.45) is 2.05. The molecule has 3 aliphatic rings. The molecule has 5 rings (SSSR count). The first kappa shape index (κ1) is 20.9. The fourth-order valence-electron chi connectivity index (χ4n) is 4.68. The molecule has 1 N–H and O–H groups in total. The minimum Gasteiger partial charge on any atom is -0.379 e. The van der Waals surface area contributed by atoms with Crippen molar-refractivity contribution in [3.63, 3.8) is 0 Å². The Labute approximate surface area is 189 Å². The second-order valence-corrected chi connectivity index (χ2v) is 8.83. The van der Waals surface area contributed by atoms with Gasteiger partial charge in [0, 0.05) is 75.7 Å². The Balaban J connectivity index is 1.27. The second-order valence-electron chi connectivity index (χ2n) is 8.47. The molecule has 0 aliphatic carbocycles. The first-order chi connectivity index (χ1) is 15.3. The molecule has 7 nitrogen and oxygen atoms in total. The van der Waals surface area contributed by atoms with E-state index < -0.39 is 0 Å². The number of anilines is 2. The quantitative estimate of drug-likeness (QED) is 0.689. The fraction of sp³-hybridized carbons (Fsp3) is 0.565. The Morgan fingerprint density at radius 2 is 1.71 bits per heavy atom. The SMILES string of the molecule is Clc1nc(-c2ccc(N3CCNCC3)cc2)nc2c1CCN2CCCN1CCOCC1. The molecule has 166 valence electrons. The number of rotatable bonds is 6. The maximum Gasteiger partial charge on any atom is 0.163 e. The minimum absolute atomic E-state index is 0.599. The molecule has 0 bridgehead atoms. The smallest absolute Gasteiger partial charge is 0.163 e. The van der Waals surface area contributed by atoms with Crippen molar-refractivity contribution in [2.45, 2.75) is 12.8 Å². The highest BCUT2D eigenvalue weighted by Crippen LogP contribution is 2.33. The van der Waals surface area contributed by atoms with Crippen LogP contribution in [0.25, 0.3) is 11.4 Å². The summed E-state index contributed by atoms with van der Waals surface area (Å²) in [7, 11) is 0. The number of nitrogens with one attached hydrogen (secondary N) is 1. The summed E-state index contributed by atoms with van der Waals surface area (Å²) >= 11 is 6.58. The highest BCUT2D eigenvalue weighted by atomic mass is 35.5. The number of hydrogen-bond acceptors (Lipinski definition) is 7. The van der Waals surface area contributed by atoms with Gasteiger partial charge in [-0.25, -0.2) is 9.97 Å². The van der Waals surface area contributed by atoms with E-state index in [1.54, 1.807) is 0 Å². The van der Waals surface area contributed by atoms with Crippen LogP contribution in [0.3, 0.4) is 0 Å². The summed E-state index contributed by atoms with van der Waals surface area (Å²) in [5, 5.41) is 4.00. The van der Waals surface area contributed by atoms with Gasteiger partial charge in [0.2, 0.25) is 0 Å². The van der Waals surface area contributed by atoms with E-state index in [2.05, 4.69) is 49.3 Å². The lowest BCUT2D eigenvalue weighted by molar-refractivity contribution is 0.0376. The molecule has 0 atom stereocenters. The average Bonchev–Trinajstić information content (AvgIpc) is 3.24. The Bertz CT molecular complexity index is 880. The number of piperazine rings is 1. The lowest BCUT2D eigenvalue weighted by atomic mass is 10.1. The van der Waals surface area contributed by atoms with Crippen LogP contribution in [0.4, 0.5) is 11.5 Å². The van der Waals surface area contributed by atoms with Crippen LogP contribution in [0.2, 0.25) is 5.15 Å². The maximum absolute atomic E-state index is 6.58. The molecule has 1 aromatic carbocycles. The van der Waals surface area contributed by atoms with Gasteiger partial charge < -0.3 is 19.9 Å². The topological polar surface area (TPSA) is 56.8 Å². The molecule has 0 radical (unpaired) electrons. The third-order valence-electron chi connectivity index (χ3n) is 6.48. The number of morpholine rings is 1. The van der Waals surface area contributed by atoms with Crippen molar-refractivity contribution in [2.75, 3.05) is 81.9 Å². The summed E-state index contributed by atoms with van der Waals surface area (Å²) in [4.78, 5) is 16.8. The summed E-state index contributed by atoms with van der Waals surface area (Å²) in [6, 6.07) is 8.58. The van der Waals surface area contributed by atoms with Gasteiger partial charge in [-0.1, -0.05) is 11.6 Å². The van der Waals surface area contributed by atoms with E-state index in [1.807, 2.05) is 0 Å². The standard InChI is InChI=1S/C23H31ClN6O/c24-21-20-6-11-30(10-1-9-28-14-16-31-17-15-28)23(20)27-22(26-21)18-2-4-19(5-3-18)29-12-7-25-8-13-29/h2-5,25H,1,6-17H2. The molecule has 8 heteroatoms. The van der Waals surface area contributed by atoms with Gasteiger partial charge in [-0.05, 0) is 37.1 Å². The minimum atomic E-state index is 0.599. The van der Waals surface area contributed by atoms with Crippen LogP contribution in [0, 0.1) is 0 Å². The molecule has 0 unspecified atom stereocenters. The zero-order valence-corrected chi connectivity index (χ0v) is 18.8. The Hall–Kier alpha value is -1.93. The molecule has 0 saturated carbocycles. The van der Waals surface area contributed by atoms with Crippen LogP contribution >= 0.6 is 11.6 Å². The molecule has 4 heterocycles. The lowest BCUT2D eigenvalue weighted by Gasteiger charge is -2.29. The van der Waals surface area contributed by atoms with E-state index >= 15 is 0 Å². The number of nitrogens with zero attached hydrogens (tertiary/aromatic N) is 5. The highest BCUT2D eigenvalue weighted by Gasteiger charge is 2.25. The van der Waals surface area contributed by atoms with E-state index in [1.165, 1.54) is 5.69 Å². The zero-order chi connectivity index (χ0) is 21.0. The normalized spacial score (nSPS) is 19.6. The summed E-state index contributed by atoms with van der Waals surface area (Å²) in [5.41, 5.74) is 3.36. The van der Waals surface area contributed by atoms with Gasteiger partial charge in [0.1, 0.15) is 11.0 Å². The van der Waals surface area contributed by atoms with E-state index in [0.717, 1.165) is 108 Å². The fourth-order valence-corrected chi connectivity index (χ4v) is 4.93. The molecular formula is C23H31ClN6O. The van der Waals surface area contributed by atoms with Crippen LogP contribution in [0.1, 0.15) is 12.0 Å². The molecule has 31 heavy (non-hydrogen) atoms. The third kappa shape index (κ3) is 4.80. The lowest BCUT2D eigenvalue weighted by Crippen LogP contribution is -2.43. The summed E-state index contributed by atoms with van der Waals surface area (Å²) < 4.78 is 5.45. The van der Waals surface area contributed by atoms with Crippen molar-refractivity contribution in [2.24, 2.45) is 0 Å². The molecule has 2 aromatic rings. The zero-order valence-electron chi connectivity index (χ0n) is 18.0. The Morgan fingerprint density at radius 3 is 2.48 bits per heavy atom. The van der Waals surface area contributed by atoms with Crippen LogP contribution in [-0.4, -0.2) is 87.0 Å². The van der Waals surface area contributed by atoms with Crippen molar-refractivity contribution in [3.8, 4) is 11.4 Å². The largest absolute Gasteiger partial charge is 0.379 e. The van der Waals surface area contributed by atoms with Crippen LogP contribution in [0.15, 0.2) is 24.3 Å². The van der Waals surface area contributed by atoms with Crippen molar-refractivity contribution in [1.82, 2.24) is 20.2 Å². The number of benzene rings is 1. The second kappa shape index (κ2) is 9.69. The van der Waals surface area contributed by atoms with Crippen molar-refractivity contribution >= 4 is 23.1 Å². The molecule has 2 saturated heterocycles. The predicted molar refractivity (Wildman–Crippen MR) is 125 cm³/mol. The van der Waals surface area contributed by atoms with Crippen molar-refractivity contribution < 1.29 is 4.74 Å². The molecule has 2 fully saturated rings. The van der Waals surface area contributed by atoms with Crippen LogP contribution in [-0.2, 0) is 11.2 Å². The highest BCUT2D eigenvalue weighted by molar-refractivity contribution is 6.30. The van der Waals surface area contributed by atoms with Crippen LogP contribution in [0.5, 0.6) is 0 Å². The van der Waals surface area contributed by atoms with E-state index in [4.69, 9.17) is 21.3 Å². The van der Waals surface area contributed by atoms with Gasteiger partial charge in [0.25, 0.3) is 0 Å². The van der Waals surface area contributed by atoms with Gasteiger partial charge in [-0.15, -0.1) is 0 Å². The summed E-state index contributed by atoms with van der Waals surface area (Å²) in [5.74, 6) is 1.74.